The van der Waals surface area contributed by atoms with Gasteiger partial charge in [0.05, 0.1) is 5.69 Å². The molecule has 0 saturated carbocycles. The number of carbonyl (C=O) groups excluding carboxylic acids is 1. The van der Waals surface area contributed by atoms with E-state index in [4.69, 9.17) is 0 Å². The molecular formula is C21H25N5O. The van der Waals surface area contributed by atoms with Gasteiger partial charge in [0.15, 0.2) is 0 Å². The lowest BCUT2D eigenvalue weighted by Gasteiger charge is -2.27. The zero-order valence-electron chi connectivity index (χ0n) is 16.0. The van der Waals surface area contributed by atoms with Gasteiger partial charge in [0.1, 0.15) is 12.7 Å². The number of amides is 1. The minimum Gasteiger partial charge on any atom is -0.369 e. The van der Waals surface area contributed by atoms with Crippen LogP contribution in [-0.4, -0.2) is 33.3 Å². The Kier molecular flexibility index (Phi) is 5.86. The second-order valence-electron chi connectivity index (χ2n) is 6.62. The van der Waals surface area contributed by atoms with Gasteiger partial charge >= 0.3 is 0 Å². The Morgan fingerprint density at radius 1 is 1.11 bits per heavy atom. The molecule has 6 nitrogen and oxygen atoms in total. The molecule has 0 aliphatic carbocycles. The maximum absolute atomic E-state index is 12.4. The van der Waals surface area contributed by atoms with Crippen molar-refractivity contribution in [1.29, 1.82) is 0 Å². The van der Waals surface area contributed by atoms with Crippen LogP contribution in [0.3, 0.4) is 0 Å². The van der Waals surface area contributed by atoms with E-state index >= 15 is 0 Å². The summed E-state index contributed by atoms with van der Waals surface area (Å²) in [6, 6.07) is 16.1. The van der Waals surface area contributed by atoms with Gasteiger partial charge in [-0.2, -0.15) is 5.10 Å². The highest BCUT2D eigenvalue weighted by Crippen LogP contribution is 2.18. The molecule has 1 heterocycles. The Labute approximate surface area is 159 Å². The van der Waals surface area contributed by atoms with E-state index in [0.29, 0.717) is 18.2 Å². The zero-order chi connectivity index (χ0) is 19.2. The van der Waals surface area contributed by atoms with Gasteiger partial charge in [-0.1, -0.05) is 12.1 Å². The van der Waals surface area contributed by atoms with E-state index in [1.54, 1.807) is 11.0 Å². The number of benzene rings is 2. The van der Waals surface area contributed by atoms with Crippen molar-refractivity contribution in [3.05, 3.63) is 72.3 Å². The summed E-state index contributed by atoms with van der Waals surface area (Å²) in [4.78, 5) is 18.6. The molecule has 2 aromatic carbocycles. The summed E-state index contributed by atoms with van der Waals surface area (Å²) in [7, 11) is 0. The van der Waals surface area contributed by atoms with Crippen LogP contribution in [0.2, 0.25) is 0 Å². The molecule has 0 atom stereocenters. The summed E-state index contributed by atoms with van der Waals surface area (Å²) in [5.41, 5.74) is 3.76. The first-order valence-electron chi connectivity index (χ1n) is 9.17. The molecule has 1 N–H and O–H groups in total. The van der Waals surface area contributed by atoms with Crippen molar-refractivity contribution in [2.75, 3.05) is 11.4 Å². The summed E-state index contributed by atoms with van der Waals surface area (Å²) >= 11 is 0. The summed E-state index contributed by atoms with van der Waals surface area (Å²) in [5.74, 6) is -0.0745. The molecule has 1 amide bonds. The number of hydrogen-bond donors (Lipinski definition) is 1. The fraction of sp³-hybridized carbons (Fsp3) is 0.286. The fourth-order valence-corrected chi connectivity index (χ4v) is 3.04. The van der Waals surface area contributed by atoms with Gasteiger partial charge in [0.2, 0.25) is 0 Å². The minimum atomic E-state index is -0.0745. The second kappa shape index (κ2) is 8.49. The van der Waals surface area contributed by atoms with E-state index in [1.165, 1.54) is 6.33 Å². The van der Waals surface area contributed by atoms with Crippen molar-refractivity contribution in [2.24, 2.45) is 0 Å². The van der Waals surface area contributed by atoms with Gasteiger partial charge in [-0.3, -0.25) is 4.79 Å². The number of anilines is 1. The van der Waals surface area contributed by atoms with Crippen LogP contribution in [0.1, 0.15) is 36.7 Å². The number of rotatable bonds is 7. The first kappa shape index (κ1) is 18.6. The van der Waals surface area contributed by atoms with Crippen molar-refractivity contribution < 1.29 is 4.79 Å². The minimum absolute atomic E-state index is 0.0745. The zero-order valence-corrected chi connectivity index (χ0v) is 16.0. The smallest absolute Gasteiger partial charge is 0.251 e. The molecule has 0 unspecified atom stereocenters. The fourth-order valence-electron chi connectivity index (χ4n) is 3.04. The highest BCUT2D eigenvalue weighted by Gasteiger charge is 2.10. The van der Waals surface area contributed by atoms with Crippen LogP contribution in [0.15, 0.2) is 61.2 Å². The van der Waals surface area contributed by atoms with Crippen LogP contribution in [-0.2, 0) is 6.54 Å². The summed E-state index contributed by atoms with van der Waals surface area (Å²) in [6.45, 7) is 7.88. The molecule has 27 heavy (non-hydrogen) atoms. The van der Waals surface area contributed by atoms with E-state index in [1.807, 2.05) is 48.5 Å². The maximum Gasteiger partial charge on any atom is 0.251 e. The van der Waals surface area contributed by atoms with Crippen LogP contribution >= 0.6 is 0 Å². The predicted molar refractivity (Wildman–Crippen MR) is 107 cm³/mol. The lowest BCUT2D eigenvalue weighted by atomic mass is 10.1. The molecule has 6 heteroatoms. The monoisotopic (exact) mass is 363 g/mol. The molecule has 0 aliphatic rings. The third-order valence-corrected chi connectivity index (χ3v) is 4.50. The van der Waals surface area contributed by atoms with Crippen molar-refractivity contribution in [1.82, 2.24) is 20.1 Å². The molecule has 0 bridgehead atoms. The first-order valence-corrected chi connectivity index (χ1v) is 9.17. The Morgan fingerprint density at radius 2 is 1.81 bits per heavy atom. The van der Waals surface area contributed by atoms with E-state index in [2.05, 4.69) is 41.1 Å². The Morgan fingerprint density at radius 3 is 2.37 bits per heavy atom. The first-order chi connectivity index (χ1) is 13.1. The summed E-state index contributed by atoms with van der Waals surface area (Å²) < 4.78 is 1.70. The Hall–Kier alpha value is -3.15. The van der Waals surface area contributed by atoms with Gasteiger partial charge in [-0.05, 0) is 62.7 Å². The molecule has 0 spiro atoms. The summed E-state index contributed by atoms with van der Waals surface area (Å²) in [5, 5.41) is 7.07. The normalized spacial score (nSPS) is 10.8. The molecule has 0 saturated heterocycles. The maximum atomic E-state index is 12.4. The standard InChI is InChI=1S/C21H25N5O/c1-4-25(16(2)3)19-11-7-18(8-12-19)21(27)23-13-17-5-9-20(10-6-17)26-15-22-14-24-26/h5-12,14-16H,4,13H2,1-3H3,(H,23,27). The van der Waals surface area contributed by atoms with Gasteiger partial charge in [-0.25, -0.2) is 9.67 Å². The van der Waals surface area contributed by atoms with Crippen LogP contribution < -0.4 is 10.2 Å². The second-order valence-corrected chi connectivity index (χ2v) is 6.62. The largest absolute Gasteiger partial charge is 0.369 e. The lowest BCUT2D eigenvalue weighted by Crippen LogP contribution is -2.30. The third-order valence-electron chi connectivity index (χ3n) is 4.50. The molecule has 0 fully saturated rings. The number of nitrogens with zero attached hydrogens (tertiary/aromatic N) is 4. The van der Waals surface area contributed by atoms with Crippen molar-refractivity contribution in [3.8, 4) is 5.69 Å². The Balaban J connectivity index is 1.59. The molecular weight excluding hydrogens is 338 g/mol. The molecule has 3 aromatic rings. The van der Waals surface area contributed by atoms with Crippen LogP contribution in [0.4, 0.5) is 5.69 Å². The van der Waals surface area contributed by atoms with Gasteiger partial charge in [0, 0.05) is 30.4 Å². The van der Waals surface area contributed by atoms with E-state index in [-0.39, 0.29) is 5.91 Å². The third kappa shape index (κ3) is 4.53. The van der Waals surface area contributed by atoms with E-state index in [9.17, 15) is 4.79 Å². The highest BCUT2D eigenvalue weighted by atomic mass is 16.1. The average Bonchev–Trinajstić information content (AvgIpc) is 3.22. The molecule has 0 aliphatic heterocycles. The Bertz CT molecular complexity index is 855. The van der Waals surface area contributed by atoms with Crippen molar-refractivity contribution in [2.45, 2.75) is 33.4 Å². The topological polar surface area (TPSA) is 63.1 Å². The van der Waals surface area contributed by atoms with Gasteiger partial charge < -0.3 is 10.2 Å². The SMILES string of the molecule is CCN(c1ccc(C(=O)NCc2ccc(-n3cncn3)cc2)cc1)C(C)C. The quantitative estimate of drug-likeness (QED) is 0.698. The van der Waals surface area contributed by atoms with E-state index < -0.39 is 0 Å². The molecule has 1 aromatic heterocycles. The van der Waals surface area contributed by atoms with Crippen LogP contribution in [0.5, 0.6) is 0 Å². The van der Waals surface area contributed by atoms with Crippen molar-refractivity contribution >= 4 is 11.6 Å². The van der Waals surface area contributed by atoms with E-state index in [0.717, 1.165) is 23.5 Å². The summed E-state index contributed by atoms with van der Waals surface area (Å²) in [6.07, 6.45) is 3.15. The molecule has 3 rings (SSSR count). The number of aromatic nitrogens is 3. The average molecular weight is 363 g/mol. The van der Waals surface area contributed by atoms with Gasteiger partial charge in [0.25, 0.3) is 5.91 Å². The van der Waals surface area contributed by atoms with Crippen LogP contribution in [0.25, 0.3) is 5.69 Å². The van der Waals surface area contributed by atoms with Crippen LogP contribution in [0, 0.1) is 0 Å². The molecule has 0 radical (unpaired) electrons. The molecule has 140 valence electrons. The highest BCUT2D eigenvalue weighted by molar-refractivity contribution is 5.94. The number of hydrogen-bond acceptors (Lipinski definition) is 4. The van der Waals surface area contributed by atoms with Gasteiger partial charge in [-0.15, -0.1) is 0 Å². The lowest BCUT2D eigenvalue weighted by molar-refractivity contribution is 0.0951. The number of nitrogens with one attached hydrogen (secondary N) is 1. The number of carbonyl (C=O) groups is 1. The van der Waals surface area contributed by atoms with Crippen molar-refractivity contribution in [3.63, 3.8) is 0 Å². The predicted octanol–water partition coefficient (Wildman–Crippen LogP) is 3.43.